The Morgan fingerprint density at radius 1 is 1.35 bits per heavy atom. The summed E-state index contributed by atoms with van der Waals surface area (Å²) in [6.07, 6.45) is -12.5. The van der Waals surface area contributed by atoms with Crippen LogP contribution in [0.5, 0.6) is 0 Å². The van der Waals surface area contributed by atoms with Crippen molar-refractivity contribution in [3.05, 3.63) is 5.53 Å². The third-order valence-corrected chi connectivity index (χ3v) is 3.67. The van der Waals surface area contributed by atoms with Crippen molar-refractivity contribution >= 4 is 29.7 Å². The molecule has 0 spiro atoms. The first-order valence-electron chi connectivity index (χ1n) is 4.69. The van der Waals surface area contributed by atoms with E-state index in [0.717, 1.165) is 0 Å². The van der Waals surface area contributed by atoms with E-state index in [9.17, 15) is 35.9 Å². The van der Waals surface area contributed by atoms with E-state index in [4.69, 9.17) is 5.53 Å². The van der Waals surface area contributed by atoms with Gasteiger partial charge in [-0.25, -0.2) is 0 Å². The minimum Gasteiger partial charge on any atom is -0.428 e. The maximum Gasteiger partial charge on any atom is 0.448 e. The van der Waals surface area contributed by atoms with Gasteiger partial charge in [0.1, 0.15) is 5.25 Å². The van der Waals surface area contributed by atoms with Gasteiger partial charge < -0.3 is 10.3 Å². The molecule has 1 aliphatic heterocycles. The Bertz CT molecular complexity index is 468. The number of ketones is 1. The molecule has 1 rings (SSSR count). The standard InChI is InChI=1S/C8H4F6N2O3S/c9-7(10,11)6(8(12,13)14)19-5(18)4(20-6)1-3(17)2-16-15/h2,4H,1H2. The molecule has 0 aliphatic carbocycles. The SMILES string of the molecule is [N-]=[N+]=CC(=O)CC1SC(C(F)(F)F)(C(F)(F)F)OC1=O. The molecule has 1 saturated heterocycles. The van der Waals surface area contributed by atoms with Gasteiger partial charge >= 0.3 is 29.5 Å². The van der Waals surface area contributed by atoms with Crippen LogP contribution in [0.2, 0.25) is 0 Å². The summed E-state index contributed by atoms with van der Waals surface area (Å²) in [4.78, 5) is 19.6. The minimum absolute atomic E-state index is 0.259. The van der Waals surface area contributed by atoms with Crippen molar-refractivity contribution in [2.75, 3.05) is 0 Å². The second-order valence-corrected chi connectivity index (χ2v) is 4.93. The van der Waals surface area contributed by atoms with Gasteiger partial charge in [0.2, 0.25) is 5.78 Å². The fraction of sp³-hybridized carbons (Fsp3) is 0.625. The predicted molar refractivity (Wildman–Crippen MR) is 51.6 cm³/mol. The summed E-state index contributed by atoms with van der Waals surface area (Å²) in [6, 6.07) is 0. The van der Waals surface area contributed by atoms with Crippen molar-refractivity contribution in [3.63, 3.8) is 0 Å². The topological polar surface area (TPSA) is 79.8 Å². The lowest BCUT2D eigenvalue weighted by Gasteiger charge is -2.30. The maximum absolute atomic E-state index is 12.6. The van der Waals surface area contributed by atoms with Gasteiger partial charge in [-0.05, 0) is 0 Å². The van der Waals surface area contributed by atoms with Crippen LogP contribution in [0, 0.1) is 0 Å². The van der Waals surface area contributed by atoms with Gasteiger partial charge in [0, 0.05) is 6.42 Å². The van der Waals surface area contributed by atoms with E-state index in [1.165, 1.54) is 0 Å². The number of esters is 1. The van der Waals surface area contributed by atoms with Crippen LogP contribution in [0.25, 0.3) is 5.53 Å². The van der Waals surface area contributed by atoms with Crippen LogP contribution >= 0.6 is 11.8 Å². The number of cyclic esters (lactones) is 1. The van der Waals surface area contributed by atoms with Crippen molar-refractivity contribution in [2.45, 2.75) is 29.0 Å². The number of nitrogens with zero attached hydrogens (tertiary/aromatic N) is 2. The number of halogens is 6. The Kier molecular flexibility index (Phi) is 4.20. The van der Waals surface area contributed by atoms with Crippen LogP contribution in [0.1, 0.15) is 6.42 Å². The molecule has 0 aromatic heterocycles. The van der Waals surface area contributed by atoms with Crippen LogP contribution in [-0.4, -0.2) is 45.3 Å². The van der Waals surface area contributed by atoms with E-state index in [1.54, 1.807) is 0 Å². The van der Waals surface area contributed by atoms with Gasteiger partial charge in [-0.15, -0.1) is 0 Å². The molecule has 112 valence electrons. The van der Waals surface area contributed by atoms with E-state index in [2.05, 4.69) is 9.53 Å². The van der Waals surface area contributed by atoms with Gasteiger partial charge in [-0.3, -0.25) is 9.59 Å². The monoisotopic (exact) mass is 322 g/mol. The minimum atomic E-state index is -5.89. The molecule has 1 atom stereocenters. The highest BCUT2D eigenvalue weighted by Crippen LogP contribution is 2.58. The zero-order valence-corrected chi connectivity index (χ0v) is 9.97. The van der Waals surface area contributed by atoms with Crippen molar-refractivity contribution in [3.8, 4) is 0 Å². The Labute approximate surface area is 110 Å². The summed E-state index contributed by atoms with van der Waals surface area (Å²) < 4.78 is 78.9. The quantitative estimate of drug-likeness (QED) is 0.261. The molecule has 20 heavy (non-hydrogen) atoms. The lowest BCUT2D eigenvalue weighted by atomic mass is 10.2. The molecule has 0 bridgehead atoms. The first kappa shape index (κ1) is 16.5. The Morgan fingerprint density at radius 2 is 1.85 bits per heavy atom. The smallest absolute Gasteiger partial charge is 0.428 e. The molecule has 1 unspecified atom stereocenters. The number of alkyl halides is 6. The highest BCUT2D eigenvalue weighted by Gasteiger charge is 2.78. The fourth-order valence-electron chi connectivity index (χ4n) is 1.31. The molecular formula is C8H4F6N2O3S. The first-order chi connectivity index (χ1) is 8.94. The number of rotatable bonds is 3. The van der Waals surface area contributed by atoms with Crippen LogP contribution in [0.3, 0.4) is 0 Å². The lowest BCUT2D eigenvalue weighted by molar-refractivity contribution is -0.327. The van der Waals surface area contributed by atoms with Crippen molar-refractivity contribution in [2.24, 2.45) is 0 Å². The van der Waals surface area contributed by atoms with Gasteiger partial charge in [0.05, 0.1) is 0 Å². The van der Waals surface area contributed by atoms with Gasteiger partial charge in [0.15, 0.2) is 0 Å². The second kappa shape index (κ2) is 5.09. The van der Waals surface area contributed by atoms with E-state index in [1.807, 2.05) is 0 Å². The van der Waals surface area contributed by atoms with Gasteiger partial charge in [-0.1, -0.05) is 11.8 Å². The molecule has 0 aromatic carbocycles. The molecular weight excluding hydrogens is 318 g/mol. The number of ether oxygens (including phenoxy) is 1. The lowest BCUT2D eigenvalue weighted by Crippen LogP contribution is -2.54. The summed E-state index contributed by atoms with van der Waals surface area (Å²) >= 11 is -0.852. The van der Waals surface area contributed by atoms with E-state index >= 15 is 0 Å². The van der Waals surface area contributed by atoms with Gasteiger partial charge in [-0.2, -0.15) is 31.1 Å². The van der Waals surface area contributed by atoms with Crippen molar-refractivity contribution < 1.29 is 45.5 Å². The van der Waals surface area contributed by atoms with E-state index in [-0.39, 0.29) is 6.21 Å². The summed E-state index contributed by atoms with van der Waals surface area (Å²) in [5, 5.41) is -2.00. The molecule has 0 amide bonds. The van der Waals surface area contributed by atoms with Crippen LogP contribution in [-0.2, 0) is 14.3 Å². The highest BCUT2D eigenvalue weighted by atomic mass is 32.2. The molecule has 1 heterocycles. The Morgan fingerprint density at radius 3 is 2.20 bits per heavy atom. The molecule has 5 nitrogen and oxygen atoms in total. The number of thioether (sulfide) groups is 1. The number of hydrogen-bond acceptors (Lipinski definition) is 4. The largest absolute Gasteiger partial charge is 0.448 e. The molecule has 0 N–H and O–H groups in total. The average molecular weight is 322 g/mol. The van der Waals surface area contributed by atoms with Crippen LogP contribution < -0.4 is 0 Å². The molecule has 1 fully saturated rings. The molecule has 0 radical (unpaired) electrons. The molecule has 1 aliphatic rings. The van der Waals surface area contributed by atoms with E-state index in [0.29, 0.717) is 0 Å². The molecule has 0 aromatic rings. The summed E-state index contributed by atoms with van der Waals surface area (Å²) in [7, 11) is 0. The second-order valence-electron chi connectivity index (χ2n) is 3.55. The Hall–Kier alpha value is -1.55. The number of hydrogen-bond donors (Lipinski definition) is 0. The van der Waals surface area contributed by atoms with Crippen molar-refractivity contribution in [1.82, 2.24) is 0 Å². The number of carbonyl (C=O) groups is 2. The predicted octanol–water partition coefficient (Wildman–Crippen LogP) is 1.73. The zero-order chi connectivity index (χ0) is 15.8. The highest BCUT2D eigenvalue weighted by molar-refractivity contribution is 8.02. The zero-order valence-electron chi connectivity index (χ0n) is 9.16. The normalized spacial score (nSPS) is 22.1. The summed E-state index contributed by atoms with van der Waals surface area (Å²) in [5.41, 5.74) is 8.00. The number of carbonyl (C=O) groups excluding carboxylic acids is 2. The molecule has 0 saturated carbocycles. The summed E-state index contributed by atoms with van der Waals surface area (Å²) in [5.74, 6) is -2.94. The third-order valence-electron chi connectivity index (χ3n) is 2.15. The molecule has 12 heteroatoms. The first-order valence-corrected chi connectivity index (χ1v) is 5.57. The average Bonchev–Trinajstić information content (AvgIpc) is 2.56. The maximum atomic E-state index is 12.6. The third kappa shape index (κ3) is 2.80. The van der Waals surface area contributed by atoms with E-state index < -0.39 is 52.5 Å². The van der Waals surface area contributed by atoms with Crippen LogP contribution in [0.15, 0.2) is 0 Å². The fourth-order valence-corrected chi connectivity index (χ4v) is 2.50. The van der Waals surface area contributed by atoms with Crippen LogP contribution in [0.4, 0.5) is 26.3 Å². The summed E-state index contributed by atoms with van der Waals surface area (Å²) in [6.45, 7) is 0. The number of Topliss-reactive ketones (excluding diaryl/α,β-unsaturated/α-hetero) is 1. The van der Waals surface area contributed by atoms with Crippen molar-refractivity contribution in [1.29, 1.82) is 0 Å². The van der Waals surface area contributed by atoms with Gasteiger partial charge in [0.25, 0.3) is 0 Å². The Balaban J connectivity index is 3.08.